The Hall–Kier alpha value is -0.251. The van der Waals surface area contributed by atoms with Crippen molar-refractivity contribution < 1.29 is 9.53 Å². The maximum absolute atomic E-state index is 11.3. The van der Waals surface area contributed by atoms with Crippen molar-refractivity contribution in [2.75, 3.05) is 0 Å². The van der Waals surface area contributed by atoms with Crippen LogP contribution in [0.1, 0.15) is 59.3 Å². The van der Waals surface area contributed by atoms with Gasteiger partial charge in [0, 0.05) is 0 Å². The first-order chi connectivity index (χ1) is 9.65. The van der Waals surface area contributed by atoms with Gasteiger partial charge >= 0.3 is 128 Å². The molecular formula is C17H30O2Sn. The van der Waals surface area contributed by atoms with Crippen LogP contribution in [0.5, 0.6) is 0 Å². The van der Waals surface area contributed by atoms with Gasteiger partial charge in [-0.3, -0.25) is 0 Å². The Bertz CT molecular complexity index is 336. The molecule has 1 heterocycles. The molecule has 0 atom stereocenters. The Kier molecular flexibility index (Phi) is 8.58. The summed E-state index contributed by atoms with van der Waals surface area (Å²) in [6.07, 6.45) is 11.3. The van der Waals surface area contributed by atoms with Crippen LogP contribution in [-0.4, -0.2) is 24.3 Å². The molecule has 1 rings (SSSR count). The molecule has 0 bridgehead atoms. The van der Waals surface area contributed by atoms with Gasteiger partial charge in [0.25, 0.3) is 0 Å². The van der Waals surface area contributed by atoms with Crippen LogP contribution in [0.15, 0.2) is 22.0 Å². The fraction of sp³-hybridized carbons (Fsp3) is 0.706. The van der Waals surface area contributed by atoms with Crippen LogP contribution in [0, 0.1) is 0 Å². The molecule has 0 aromatic heterocycles. The van der Waals surface area contributed by atoms with E-state index in [1.165, 1.54) is 51.8 Å². The number of carbonyl (C=O) groups excluding carboxylic acids is 1. The Morgan fingerprint density at radius 2 is 1.45 bits per heavy atom. The topological polar surface area (TPSA) is 26.3 Å². The number of ether oxygens (including phenoxy) is 1. The number of unbranched alkanes of at least 4 members (excludes halogenated alkanes) is 3. The van der Waals surface area contributed by atoms with Crippen LogP contribution in [0.25, 0.3) is 0 Å². The van der Waals surface area contributed by atoms with Crippen LogP contribution >= 0.6 is 0 Å². The van der Waals surface area contributed by atoms with E-state index < -0.39 is 18.4 Å². The number of rotatable bonds is 10. The molecule has 0 amide bonds. The normalized spacial score (nSPS) is 16.9. The van der Waals surface area contributed by atoms with E-state index in [0.717, 1.165) is 5.76 Å². The summed E-state index contributed by atoms with van der Waals surface area (Å²) in [5.74, 6) is 0.659. The molecule has 0 aromatic carbocycles. The minimum absolute atomic E-state index is 0.196. The molecule has 0 saturated carbocycles. The standard InChI is InChI=1S/C5H3O2.3C4H9.Sn/c1-4-2-3-5(6)7-4;3*1-3-4-2;/h1-3H;3*1,3-4H2,2H3;. The molecule has 2 nitrogen and oxygen atoms in total. The summed E-state index contributed by atoms with van der Waals surface area (Å²) in [5.41, 5.74) is 0. The molecule has 0 aromatic rings. The Morgan fingerprint density at radius 3 is 1.80 bits per heavy atom. The van der Waals surface area contributed by atoms with Crippen molar-refractivity contribution in [3.05, 3.63) is 22.0 Å². The Morgan fingerprint density at radius 1 is 0.950 bits per heavy atom. The number of carbonyl (C=O) groups is 1. The van der Waals surface area contributed by atoms with Crippen molar-refractivity contribution in [2.45, 2.75) is 72.6 Å². The average molecular weight is 385 g/mol. The third-order valence-electron chi connectivity index (χ3n) is 4.14. The summed E-state index contributed by atoms with van der Waals surface area (Å²) in [6, 6.07) is 0. The van der Waals surface area contributed by atoms with Crippen LogP contribution in [0.3, 0.4) is 0 Å². The second-order valence-corrected chi connectivity index (χ2v) is 18.9. The number of cyclic esters (lactones) is 1. The van der Waals surface area contributed by atoms with E-state index in [1.54, 1.807) is 6.08 Å². The molecule has 114 valence electrons. The summed E-state index contributed by atoms with van der Waals surface area (Å²) < 4.78 is 12.0. The van der Waals surface area contributed by atoms with E-state index in [-0.39, 0.29) is 5.97 Å². The van der Waals surface area contributed by atoms with Gasteiger partial charge < -0.3 is 0 Å². The van der Waals surface area contributed by atoms with E-state index in [4.69, 9.17) is 4.74 Å². The number of hydrogen-bond donors (Lipinski definition) is 0. The number of esters is 1. The number of hydrogen-bond acceptors (Lipinski definition) is 2. The Balaban J connectivity index is 2.87. The van der Waals surface area contributed by atoms with Crippen molar-refractivity contribution in [3.63, 3.8) is 0 Å². The predicted molar refractivity (Wildman–Crippen MR) is 88.2 cm³/mol. The quantitative estimate of drug-likeness (QED) is 0.373. The molecule has 1 aliphatic heterocycles. The van der Waals surface area contributed by atoms with Crippen molar-refractivity contribution in [3.8, 4) is 0 Å². The van der Waals surface area contributed by atoms with Crippen molar-refractivity contribution in [2.24, 2.45) is 0 Å². The van der Waals surface area contributed by atoms with E-state index in [1.807, 2.05) is 6.08 Å². The molecule has 1 aliphatic rings. The molecule has 0 spiro atoms. The van der Waals surface area contributed by atoms with Gasteiger partial charge in [-0.1, -0.05) is 0 Å². The van der Waals surface area contributed by atoms with Gasteiger partial charge in [-0.05, 0) is 0 Å². The summed E-state index contributed by atoms with van der Waals surface area (Å²) in [6.45, 7) is 6.83. The van der Waals surface area contributed by atoms with Gasteiger partial charge in [0.15, 0.2) is 0 Å². The molecule has 0 radical (unpaired) electrons. The first-order valence-corrected chi connectivity index (χ1v) is 16.0. The molecule has 0 fully saturated rings. The zero-order valence-electron chi connectivity index (χ0n) is 13.4. The van der Waals surface area contributed by atoms with Crippen LogP contribution < -0.4 is 0 Å². The monoisotopic (exact) mass is 386 g/mol. The zero-order valence-corrected chi connectivity index (χ0v) is 16.3. The summed E-state index contributed by atoms with van der Waals surface area (Å²) >= 11 is -2.29. The SMILES string of the molecule is CCC[CH2][Sn](/[CH]=C1\C=CC(=O)O1)([CH2]CCC)[CH2]CCC. The van der Waals surface area contributed by atoms with Gasteiger partial charge in [-0.25, -0.2) is 0 Å². The third-order valence-corrected chi connectivity index (χ3v) is 18.2. The molecule has 0 aliphatic carbocycles. The van der Waals surface area contributed by atoms with E-state index in [0.29, 0.717) is 0 Å². The molecule has 3 heteroatoms. The van der Waals surface area contributed by atoms with E-state index >= 15 is 0 Å². The minimum atomic E-state index is -2.29. The fourth-order valence-corrected chi connectivity index (χ4v) is 17.5. The van der Waals surface area contributed by atoms with Crippen LogP contribution in [0.4, 0.5) is 0 Å². The van der Waals surface area contributed by atoms with Crippen LogP contribution in [0.2, 0.25) is 13.3 Å². The van der Waals surface area contributed by atoms with Crippen molar-refractivity contribution >= 4 is 24.3 Å². The van der Waals surface area contributed by atoms with Crippen LogP contribution in [-0.2, 0) is 9.53 Å². The van der Waals surface area contributed by atoms with E-state index in [2.05, 4.69) is 24.9 Å². The molecule has 0 saturated heterocycles. The van der Waals surface area contributed by atoms with Gasteiger partial charge in [-0.15, -0.1) is 0 Å². The maximum atomic E-state index is 11.3. The van der Waals surface area contributed by atoms with Crippen molar-refractivity contribution in [1.29, 1.82) is 0 Å². The summed E-state index contributed by atoms with van der Waals surface area (Å²) in [7, 11) is 0. The second kappa shape index (κ2) is 9.64. The Labute approximate surface area is 128 Å². The third kappa shape index (κ3) is 6.02. The summed E-state index contributed by atoms with van der Waals surface area (Å²) in [4.78, 5) is 11.3. The van der Waals surface area contributed by atoms with Gasteiger partial charge in [0.05, 0.1) is 0 Å². The first kappa shape index (κ1) is 17.8. The molecule has 20 heavy (non-hydrogen) atoms. The molecule has 0 unspecified atom stereocenters. The number of allylic oxidation sites excluding steroid dienone is 1. The fourth-order valence-electron chi connectivity index (χ4n) is 2.89. The molecular weight excluding hydrogens is 355 g/mol. The average Bonchev–Trinajstić information content (AvgIpc) is 2.85. The van der Waals surface area contributed by atoms with Gasteiger partial charge in [-0.2, -0.15) is 0 Å². The molecule has 0 N–H and O–H groups in total. The second-order valence-electron chi connectivity index (χ2n) is 5.97. The first-order valence-electron chi connectivity index (χ1n) is 8.28. The van der Waals surface area contributed by atoms with Gasteiger partial charge in [0.2, 0.25) is 0 Å². The van der Waals surface area contributed by atoms with E-state index in [9.17, 15) is 4.79 Å². The van der Waals surface area contributed by atoms with Crippen molar-refractivity contribution in [1.82, 2.24) is 0 Å². The summed E-state index contributed by atoms with van der Waals surface area (Å²) in [5, 5.41) is 0. The predicted octanol–water partition coefficient (Wildman–Crippen LogP) is 5.37. The zero-order chi connectivity index (χ0) is 14.8. The van der Waals surface area contributed by atoms with Gasteiger partial charge in [0.1, 0.15) is 0 Å².